The van der Waals surface area contributed by atoms with E-state index in [4.69, 9.17) is 11.6 Å². The molecule has 0 aliphatic heterocycles. The summed E-state index contributed by atoms with van der Waals surface area (Å²) < 4.78 is 0. The van der Waals surface area contributed by atoms with Crippen molar-refractivity contribution < 1.29 is 0 Å². The molecule has 0 fully saturated rings. The molecule has 17 heavy (non-hydrogen) atoms. The summed E-state index contributed by atoms with van der Waals surface area (Å²) in [6, 6.07) is 6.40. The molecule has 2 rings (SSSR count). The minimum Gasteiger partial charge on any atom is -0.143 e. The number of halogens is 1. The smallest absolute Gasteiger partial charge is 0.143 e. The van der Waals surface area contributed by atoms with Crippen molar-refractivity contribution in [3.05, 3.63) is 34.3 Å². The molecule has 0 N–H and O–H groups in total. The molecule has 1 aromatic carbocycles. The zero-order chi connectivity index (χ0) is 12.3. The maximum Gasteiger partial charge on any atom is 0.147 e. The van der Waals surface area contributed by atoms with Gasteiger partial charge in [0.1, 0.15) is 10.0 Å². The van der Waals surface area contributed by atoms with E-state index in [0.29, 0.717) is 5.88 Å². The predicted octanol–water partition coefficient (Wildman–Crippen LogP) is 3.99. The van der Waals surface area contributed by atoms with Gasteiger partial charge in [-0.25, -0.2) is 0 Å². The maximum absolute atomic E-state index is 5.67. The summed E-state index contributed by atoms with van der Waals surface area (Å²) in [5, 5.41) is 10.5. The predicted molar refractivity (Wildman–Crippen MR) is 73.9 cm³/mol. The van der Waals surface area contributed by atoms with Crippen LogP contribution in [0.4, 0.5) is 0 Å². The van der Waals surface area contributed by atoms with Crippen molar-refractivity contribution in [2.75, 3.05) is 5.88 Å². The molecular weight excluding hydrogens is 252 g/mol. The summed E-state index contributed by atoms with van der Waals surface area (Å²) in [7, 11) is 0. The SMILES string of the molecule is Cc1ccc(-c2nnc(CCCCl)s2)cc1C. The van der Waals surface area contributed by atoms with Gasteiger partial charge in [0.2, 0.25) is 0 Å². The maximum atomic E-state index is 5.67. The molecular formula is C13H15ClN2S. The van der Waals surface area contributed by atoms with E-state index in [1.165, 1.54) is 11.1 Å². The minimum absolute atomic E-state index is 0.679. The van der Waals surface area contributed by atoms with Gasteiger partial charge in [0.05, 0.1) is 0 Å². The largest absolute Gasteiger partial charge is 0.147 e. The molecule has 4 heteroatoms. The highest BCUT2D eigenvalue weighted by Gasteiger charge is 2.07. The molecule has 0 saturated heterocycles. The normalized spacial score (nSPS) is 10.8. The van der Waals surface area contributed by atoms with Crippen LogP contribution in [0.3, 0.4) is 0 Å². The summed E-state index contributed by atoms with van der Waals surface area (Å²) >= 11 is 7.33. The minimum atomic E-state index is 0.679. The first kappa shape index (κ1) is 12.5. The molecule has 0 aliphatic rings. The van der Waals surface area contributed by atoms with Crippen LogP contribution in [0.25, 0.3) is 10.6 Å². The summed E-state index contributed by atoms with van der Waals surface area (Å²) in [4.78, 5) is 0. The van der Waals surface area contributed by atoms with Crippen molar-refractivity contribution in [1.82, 2.24) is 10.2 Å². The van der Waals surface area contributed by atoms with Crippen molar-refractivity contribution in [1.29, 1.82) is 0 Å². The number of alkyl halides is 1. The van der Waals surface area contributed by atoms with Crippen LogP contribution in [0.1, 0.15) is 22.6 Å². The van der Waals surface area contributed by atoms with Gasteiger partial charge in [0, 0.05) is 17.9 Å². The highest BCUT2D eigenvalue weighted by molar-refractivity contribution is 7.14. The Balaban J connectivity index is 2.21. The van der Waals surface area contributed by atoms with Gasteiger partial charge in [-0.1, -0.05) is 23.5 Å². The third kappa shape index (κ3) is 3.05. The van der Waals surface area contributed by atoms with E-state index in [2.05, 4.69) is 42.2 Å². The molecule has 2 nitrogen and oxygen atoms in total. The van der Waals surface area contributed by atoms with Gasteiger partial charge in [-0.15, -0.1) is 21.8 Å². The van der Waals surface area contributed by atoms with E-state index in [1.54, 1.807) is 11.3 Å². The number of rotatable bonds is 4. The molecule has 1 aromatic heterocycles. The second-order valence-electron chi connectivity index (χ2n) is 4.09. The van der Waals surface area contributed by atoms with E-state index in [1.807, 2.05) is 0 Å². The van der Waals surface area contributed by atoms with Crippen LogP contribution in [-0.4, -0.2) is 16.1 Å². The standard InChI is InChI=1S/C13H15ClN2S/c1-9-5-6-11(8-10(9)2)13-16-15-12(17-13)4-3-7-14/h5-6,8H,3-4,7H2,1-2H3. The highest BCUT2D eigenvalue weighted by Crippen LogP contribution is 2.25. The summed E-state index contributed by atoms with van der Waals surface area (Å²) in [5.74, 6) is 0.679. The van der Waals surface area contributed by atoms with Crippen LogP contribution in [0.2, 0.25) is 0 Å². The zero-order valence-electron chi connectivity index (χ0n) is 10.0. The molecule has 2 aromatic rings. The van der Waals surface area contributed by atoms with Gasteiger partial charge in [-0.3, -0.25) is 0 Å². The molecule has 0 saturated carbocycles. The second kappa shape index (κ2) is 5.61. The number of benzene rings is 1. The van der Waals surface area contributed by atoms with Gasteiger partial charge in [-0.2, -0.15) is 0 Å². The Bertz CT molecular complexity index is 508. The number of hydrogen-bond donors (Lipinski definition) is 0. The molecule has 0 radical (unpaired) electrons. The molecule has 0 aliphatic carbocycles. The number of aryl methyl sites for hydroxylation is 3. The lowest BCUT2D eigenvalue weighted by Gasteiger charge is -2.01. The average Bonchev–Trinajstić information content (AvgIpc) is 2.79. The fraction of sp³-hybridized carbons (Fsp3) is 0.385. The lowest BCUT2D eigenvalue weighted by atomic mass is 10.1. The van der Waals surface area contributed by atoms with E-state index < -0.39 is 0 Å². The van der Waals surface area contributed by atoms with Crippen molar-refractivity contribution >= 4 is 22.9 Å². The molecule has 0 amide bonds. The third-order valence-corrected chi connectivity index (χ3v) is 4.04. The highest BCUT2D eigenvalue weighted by atomic mass is 35.5. The van der Waals surface area contributed by atoms with Gasteiger partial charge >= 0.3 is 0 Å². The molecule has 90 valence electrons. The van der Waals surface area contributed by atoms with Crippen molar-refractivity contribution in [2.24, 2.45) is 0 Å². The third-order valence-electron chi connectivity index (χ3n) is 2.74. The Morgan fingerprint density at radius 3 is 2.71 bits per heavy atom. The zero-order valence-corrected chi connectivity index (χ0v) is 11.6. The van der Waals surface area contributed by atoms with E-state index in [9.17, 15) is 0 Å². The Morgan fingerprint density at radius 2 is 2.00 bits per heavy atom. The Kier molecular flexibility index (Phi) is 4.13. The number of aromatic nitrogens is 2. The first-order chi connectivity index (χ1) is 8.20. The molecule has 1 heterocycles. The summed E-state index contributed by atoms with van der Waals surface area (Å²) in [6.45, 7) is 4.24. The molecule has 0 spiro atoms. The van der Waals surface area contributed by atoms with E-state index in [0.717, 1.165) is 28.4 Å². The fourth-order valence-corrected chi connectivity index (χ4v) is 2.58. The summed E-state index contributed by atoms with van der Waals surface area (Å²) in [6.07, 6.45) is 1.88. The topological polar surface area (TPSA) is 25.8 Å². The van der Waals surface area contributed by atoms with E-state index in [-0.39, 0.29) is 0 Å². The number of hydrogen-bond acceptors (Lipinski definition) is 3. The second-order valence-corrected chi connectivity index (χ2v) is 5.53. The van der Waals surface area contributed by atoms with Crippen LogP contribution in [0.5, 0.6) is 0 Å². The lowest BCUT2D eigenvalue weighted by molar-refractivity contribution is 0.884. The Labute approximate surface area is 111 Å². The van der Waals surface area contributed by atoms with Crippen LogP contribution in [0.15, 0.2) is 18.2 Å². The number of nitrogens with zero attached hydrogens (tertiary/aromatic N) is 2. The van der Waals surface area contributed by atoms with Gasteiger partial charge < -0.3 is 0 Å². The Hall–Kier alpha value is -0.930. The van der Waals surface area contributed by atoms with Crippen LogP contribution in [0, 0.1) is 13.8 Å². The van der Waals surface area contributed by atoms with Crippen LogP contribution >= 0.6 is 22.9 Å². The molecule has 0 bridgehead atoms. The van der Waals surface area contributed by atoms with Gasteiger partial charge in [-0.05, 0) is 37.5 Å². The first-order valence-corrected chi connectivity index (χ1v) is 7.02. The van der Waals surface area contributed by atoms with Crippen LogP contribution < -0.4 is 0 Å². The Morgan fingerprint density at radius 1 is 1.18 bits per heavy atom. The van der Waals surface area contributed by atoms with Crippen molar-refractivity contribution in [2.45, 2.75) is 26.7 Å². The quantitative estimate of drug-likeness (QED) is 0.782. The van der Waals surface area contributed by atoms with Crippen molar-refractivity contribution in [3.8, 4) is 10.6 Å². The fourth-order valence-electron chi connectivity index (χ4n) is 1.56. The van der Waals surface area contributed by atoms with Gasteiger partial charge in [0.15, 0.2) is 0 Å². The monoisotopic (exact) mass is 266 g/mol. The van der Waals surface area contributed by atoms with Gasteiger partial charge in [0.25, 0.3) is 0 Å². The molecule has 0 unspecified atom stereocenters. The lowest BCUT2D eigenvalue weighted by Crippen LogP contribution is -1.84. The molecule has 0 atom stereocenters. The van der Waals surface area contributed by atoms with E-state index >= 15 is 0 Å². The summed E-state index contributed by atoms with van der Waals surface area (Å²) in [5.41, 5.74) is 3.75. The average molecular weight is 267 g/mol. The van der Waals surface area contributed by atoms with Crippen molar-refractivity contribution in [3.63, 3.8) is 0 Å². The van der Waals surface area contributed by atoms with Crippen LogP contribution in [-0.2, 0) is 6.42 Å². The first-order valence-electron chi connectivity index (χ1n) is 5.66.